The molecule has 9 heteroatoms. The molecule has 1 aromatic rings. The zero-order valence-electron chi connectivity index (χ0n) is 15.1. The highest BCUT2D eigenvalue weighted by molar-refractivity contribution is 5.86. The van der Waals surface area contributed by atoms with Gasteiger partial charge in [-0.05, 0) is 37.7 Å². The van der Waals surface area contributed by atoms with Crippen LogP contribution in [0.5, 0.6) is 0 Å². The molecular formula is C18H25ClN6O2. The second-order valence-electron chi connectivity index (χ2n) is 7.57. The Bertz CT molecular complexity index is 729. The van der Waals surface area contributed by atoms with Crippen LogP contribution in [-0.2, 0) is 9.53 Å². The van der Waals surface area contributed by atoms with E-state index in [2.05, 4.69) is 21.4 Å². The first kappa shape index (κ1) is 19.6. The van der Waals surface area contributed by atoms with Gasteiger partial charge in [0.15, 0.2) is 0 Å². The molecular weight excluding hydrogens is 368 g/mol. The van der Waals surface area contributed by atoms with E-state index in [0.717, 1.165) is 0 Å². The van der Waals surface area contributed by atoms with Gasteiger partial charge in [-0.25, -0.2) is 4.98 Å². The number of rotatable bonds is 4. The first-order valence-corrected chi connectivity index (χ1v) is 9.25. The van der Waals surface area contributed by atoms with Gasteiger partial charge in [-0.2, -0.15) is 10.2 Å². The van der Waals surface area contributed by atoms with Crippen LogP contribution in [0.3, 0.4) is 0 Å². The third-order valence-electron chi connectivity index (χ3n) is 5.86. The third-order valence-corrected chi connectivity index (χ3v) is 5.86. The van der Waals surface area contributed by atoms with E-state index in [-0.39, 0.29) is 30.3 Å². The maximum atomic E-state index is 13.2. The molecule has 3 heterocycles. The highest BCUT2D eigenvalue weighted by atomic mass is 35.5. The third kappa shape index (κ3) is 3.94. The smallest absolute Gasteiger partial charge is 0.243 e. The van der Waals surface area contributed by atoms with Crippen molar-refractivity contribution in [3.63, 3.8) is 0 Å². The Morgan fingerprint density at radius 2 is 2.11 bits per heavy atom. The second kappa shape index (κ2) is 7.87. The van der Waals surface area contributed by atoms with E-state index in [1.54, 1.807) is 12.3 Å². The number of nitrogen functional groups attached to an aromatic ring is 1. The van der Waals surface area contributed by atoms with Crippen LogP contribution < -0.4 is 11.1 Å². The summed E-state index contributed by atoms with van der Waals surface area (Å²) in [5.74, 6) is 1.89. The molecule has 0 radical (unpaired) electrons. The van der Waals surface area contributed by atoms with Crippen molar-refractivity contribution in [3.05, 3.63) is 12.3 Å². The molecule has 27 heavy (non-hydrogen) atoms. The fourth-order valence-electron chi connectivity index (χ4n) is 4.19. The number of carbonyl (C=O) groups is 1. The van der Waals surface area contributed by atoms with E-state index in [0.29, 0.717) is 56.8 Å². The van der Waals surface area contributed by atoms with Gasteiger partial charge in [0.1, 0.15) is 11.2 Å². The number of nitrogens with one attached hydrogen (secondary N) is 1. The van der Waals surface area contributed by atoms with E-state index in [4.69, 9.17) is 10.5 Å². The molecule has 8 nitrogen and oxygen atoms in total. The molecule has 2 aliphatic heterocycles. The first-order valence-electron chi connectivity index (χ1n) is 9.25. The van der Waals surface area contributed by atoms with Crippen LogP contribution in [0, 0.1) is 28.6 Å². The number of likely N-dealkylation sites (tertiary alicyclic amines) is 1. The predicted molar refractivity (Wildman–Crippen MR) is 102 cm³/mol. The van der Waals surface area contributed by atoms with E-state index in [1.165, 1.54) is 12.8 Å². The van der Waals surface area contributed by atoms with Crippen LogP contribution >= 0.6 is 12.4 Å². The molecule has 146 valence electrons. The van der Waals surface area contributed by atoms with Crippen LogP contribution in [0.2, 0.25) is 0 Å². The maximum Gasteiger partial charge on any atom is 0.243 e. The van der Waals surface area contributed by atoms with Gasteiger partial charge >= 0.3 is 0 Å². The Hall–Kier alpha value is -2.11. The highest BCUT2D eigenvalue weighted by Gasteiger charge is 2.49. The van der Waals surface area contributed by atoms with Crippen LogP contribution in [-0.4, -0.2) is 53.1 Å². The van der Waals surface area contributed by atoms with Gasteiger partial charge in [-0.1, -0.05) is 0 Å². The number of hydrogen-bond acceptors (Lipinski definition) is 7. The minimum absolute atomic E-state index is 0. The fourth-order valence-corrected chi connectivity index (χ4v) is 4.19. The van der Waals surface area contributed by atoms with Gasteiger partial charge in [-0.3, -0.25) is 4.79 Å². The summed E-state index contributed by atoms with van der Waals surface area (Å²) in [6.07, 6.45) is 4.99. The molecule has 0 spiro atoms. The predicted octanol–water partition coefficient (Wildman–Crippen LogP) is 1.45. The average Bonchev–Trinajstić information content (AvgIpc) is 3.42. The van der Waals surface area contributed by atoms with Gasteiger partial charge < -0.3 is 20.7 Å². The van der Waals surface area contributed by atoms with E-state index in [9.17, 15) is 10.1 Å². The standard InChI is InChI=1S/C18H24N6O2.ClH/c19-11-18(4-7-26-8-5-18)16(25)24-9-13(12-1-2-12)14(10-24)22-15-3-6-21-17(20)23-15;/h3,6,12-14H,1-2,4-5,7-10H2,(H3,20,21,22,23);1H/t13-,14+;/m1./s1. The largest absolute Gasteiger partial charge is 0.381 e. The lowest BCUT2D eigenvalue weighted by Crippen LogP contribution is -2.46. The van der Waals surface area contributed by atoms with Crippen LogP contribution in [0.25, 0.3) is 0 Å². The lowest BCUT2D eigenvalue weighted by molar-refractivity contribution is -0.142. The topological polar surface area (TPSA) is 117 Å². The lowest BCUT2D eigenvalue weighted by Gasteiger charge is -2.33. The number of carbonyl (C=O) groups excluding carboxylic acids is 1. The SMILES string of the molecule is Cl.N#CC1(C(=O)N2C[C@H](Nc3ccnc(N)n3)[C@@H](C3CC3)C2)CCOCC1. The van der Waals surface area contributed by atoms with Gasteiger partial charge in [0.2, 0.25) is 11.9 Å². The number of anilines is 2. The second-order valence-corrected chi connectivity index (χ2v) is 7.57. The quantitative estimate of drug-likeness (QED) is 0.796. The lowest BCUT2D eigenvalue weighted by atomic mass is 9.80. The summed E-state index contributed by atoms with van der Waals surface area (Å²) in [5, 5.41) is 13.1. The van der Waals surface area contributed by atoms with Gasteiger partial charge in [0.05, 0.1) is 6.07 Å². The van der Waals surface area contributed by atoms with E-state index < -0.39 is 5.41 Å². The summed E-state index contributed by atoms with van der Waals surface area (Å²) in [6.45, 7) is 2.24. The van der Waals surface area contributed by atoms with Crippen molar-refractivity contribution < 1.29 is 9.53 Å². The molecule has 3 aliphatic rings. The van der Waals surface area contributed by atoms with Crippen molar-refractivity contribution >= 4 is 30.1 Å². The molecule has 3 N–H and O–H groups in total. The molecule has 0 aromatic carbocycles. The van der Waals surface area contributed by atoms with Crippen molar-refractivity contribution in [3.8, 4) is 6.07 Å². The van der Waals surface area contributed by atoms with Crippen molar-refractivity contribution in [2.24, 2.45) is 17.3 Å². The zero-order chi connectivity index (χ0) is 18.1. The van der Waals surface area contributed by atoms with Crippen molar-refractivity contribution in [1.29, 1.82) is 5.26 Å². The highest BCUT2D eigenvalue weighted by Crippen LogP contribution is 2.43. The molecule has 3 fully saturated rings. The summed E-state index contributed by atoms with van der Waals surface area (Å²) in [6, 6.07) is 4.21. The van der Waals surface area contributed by atoms with Gasteiger partial charge in [-0.15, -0.1) is 12.4 Å². The molecule has 2 atom stereocenters. The van der Waals surface area contributed by atoms with E-state index in [1.807, 2.05) is 4.90 Å². The molecule has 0 unspecified atom stereocenters. The molecule has 0 bridgehead atoms. The van der Waals surface area contributed by atoms with E-state index >= 15 is 0 Å². The number of nitrogens with two attached hydrogens (primary N) is 1. The molecule has 1 aromatic heterocycles. The Balaban J connectivity index is 0.00000210. The number of hydrogen-bond donors (Lipinski definition) is 2. The van der Waals surface area contributed by atoms with Crippen LogP contribution in [0.4, 0.5) is 11.8 Å². The number of aromatic nitrogens is 2. The summed E-state index contributed by atoms with van der Waals surface area (Å²) in [4.78, 5) is 23.2. The van der Waals surface area contributed by atoms with Gasteiger partial charge in [0.25, 0.3) is 0 Å². The first-order chi connectivity index (χ1) is 12.6. The number of halogens is 1. The van der Waals surface area contributed by atoms with Gasteiger partial charge in [0, 0.05) is 44.5 Å². The summed E-state index contributed by atoms with van der Waals surface area (Å²) < 4.78 is 5.36. The van der Waals surface area contributed by atoms with Crippen molar-refractivity contribution in [2.45, 2.75) is 31.7 Å². The summed E-state index contributed by atoms with van der Waals surface area (Å²) in [7, 11) is 0. The molecule has 1 saturated carbocycles. The number of nitrogens with zero attached hydrogens (tertiary/aromatic N) is 4. The Morgan fingerprint density at radius 3 is 2.74 bits per heavy atom. The summed E-state index contributed by atoms with van der Waals surface area (Å²) >= 11 is 0. The van der Waals surface area contributed by atoms with Crippen LogP contribution in [0.1, 0.15) is 25.7 Å². The Morgan fingerprint density at radius 1 is 1.37 bits per heavy atom. The Kier molecular flexibility index (Phi) is 5.72. The monoisotopic (exact) mass is 392 g/mol. The Labute approximate surface area is 164 Å². The number of amides is 1. The minimum atomic E-state index is -0.930. The number of nitriles is 1. The average molecular weight is 393 g/mol. The van der Waals surface area contributed by atoms with Crippen molar-refractivity contribution in [1.82, 2.24) is 14.9 Å². The maximum absolute atomic E-state index is 13.2. The summed E-state index contributed by atoms with van der Waals surface area (Å²) in [5.41, 5.74) is 4.74. The fraction of sp³-hybridized carbons (Fsp3) is 0.667. The minimum Gasteiger partial charge on any atom is -0.381 e. The van der Waals surface area contributed by atoms with Crippen molar-refractivity contribution in [2.75, 3.05) is 37.4 Å². The molecule has 4 rings (SSSR count). The molecule has 1 aliphatic carbocycles. The molecule has 1 amide bonds. The molecule has 2 saturated heterocycles. The zero-order valence-corrected chi connectivity index (χ0v) is 16.0. The normalized spacial score (nSPS) is 26.7. The van der Waals surface area contributed by atoms with Crippen LogP contribution in [0.15, 0.2) is 12.3 Å². The number of ether oxygens (including phenoxy) is 1.